The molecule has 1 saturated heterocycles. The minimum absolute atomic E-state index is 0.0486. The van der Waals surface area contributed by atoms with E-state index in [4.69, 9.17) is 0 Å². The Morgan fingerprint density at radius 2 is 2.06 bits per heavy atom. The maximum Gasteiger partial charge on any atom is 0.274 e. The Kier molecular flexibility index (Phi) is 7.02. The third kappa shape index (κ3) is 5.33. The molecule has 1 aromatic heterocycles. The second-order valence-corrected chi connectivity index (χ2v) is 9.27. The molecule has 0 bridgehead atoms. The van der Waals surface area contributed by atoms with Gasteiger partial charge in [0.1, 0.15) is 5.82 Å². The van der Waals surface area contributed by atoms with Crippen LogP contribution in [-0.2, 0) is 19.4 Å². The topological polar surface area (TPSA) is 55.5 Å². The minimum Gasteiger partial charge on any atom is -0.336 e. The van der Waals surface area contributed by atoms with Gasteiger partial charge in [-0.2, -0.15) is 5.10 Å². The SMILES string of the molecule is CN(C)CCN(CC1CCCN(Cc2ccccc2F)C1)C(=O)c1n[nH]c2c1CCC2. The highest BCUT2D eigenvalue weighted by molar-refractivity contribution is 5.94. The molecule has 2 aliphatic rings. The number of hydrogen-bond acceptors (Lipinski definition) is 4. The Hall–Kier alpha value is -2.25. The van der Waals surface area contributed by atoms with Crippen LogP contribution in [0.4, 0.5) is 4.39 Å². The van der Waals surface area contributed by atoms with Crippen LogP contribution in [0.2, 0.25) is 0 Å². The van der Waals surface area contributed by atoms with E-state index in [1.165, 1.54) is 6.07 Å². The molecule has 1 amide bonds. The van der Waals surface area contributed by atoms with E-state index in [9.17, 15) is 9.18 Å². The number of benzene rings is 1. The molecular weight excluding hydrogens is 393 g/mol. The lowest BCUT2D eigenvalue weighted by atomic mass is 9.96. The fourth-order valence-electron chi connectivity index (χ4n) is 4.87. The number of rotatable bonds is 8. The van der Waals surface area contributed by atoms with Crippen molar-refractivity contribution in [2.75, 3.05) is 46.8 Å². The van der Waals surface area contributed by atoms with Crippen molar-refractivity contribution in [2.24, 2.45) is 5.92 Å². The number of halogens is 1. The predicted molar refractivity (Wildman–Crippen MR) is 119 cm³/mol. The summed E-state index contributed by atoms with van der Waals surface area (Å²) in [5.41, 5.74) is 3.61. The van der Waals surface area contributed by atoms with Crippen LogP contribution in [0, 0.1) is 11.7 Å². The summed E-state index contributed by atoms with van der Waals surface area (Å²) in [6, 6.07) is 7.02. The number of fused-ring (bicyclic) bond motifs is 1. The number of hydrogen-bond donors (Lipinski definition) is 1. The van der Waals surface area contributed by atoms with Crippen molar-refractivity contribution in [1.29, 1.82) is 0 Å². The van der Waals surface area contributed by atoms with E-state index in [2.05, 4.69) is 20.0 Å². The highest BCUT2D eigenvalue weighted by Gasteiger charge is 2.29. The van der Waals surface area contributed by atoms with Gasteiger partial charge < -0.3 is 9.80 Å². The first-order valence-corrected chi connectivity index (χ1v) is 11.5. The summed E-state index contributed by atoms with van der Waals surface area (Å²) in [5, 5.41) is 7.46. The van der Waals surface area contributed by atoms with Gasteiger partial charge in [-0.3, -0.25) is 14.8 Å². The highest BCUT2D eigenvalue weighted by atomic mass is 19.1. The summed E-state index contributed by atoms with van der Waals surface area (Å²) >= 11 is 0. The molecule has 7 heteroatoms. The van der Waals surface area contributed by atoms with Crippen LogP contribution < -0.4 is 0 Å². The highest BCUT2D eigenvalue weighted by Crippen LogP contribution is 2.25. The molecule has 168 valence electrons. The number of aromatic amines is 1. The zero-order chi connectivity index (χ0) is 21.8. The lowest BCUT2D eigenvalue weighted by Crippen LogP contribution is -2.45. The van der Waals surface area contributed by atoms with Crippen molar-refractivity contribution in [1.82, 2.24) is 24.9 Å². The van der Waals surface area contributed by atoms with Crippen molar-refractivity contribution in [3.05, 3.63) is 52.6 Å². The number of amides is 1. The number of carbonyl (C=O) groups excluding carboxylic acids is 1. The zero-order valence-electron chi connectivity index (χ0n) is 18.7. The van der Waals surface area contributed by atoms with Gasteiger partial charge in [-0.1, -0.05) is 18.2 Å². The number of nitrogens with zero attached hydrogens (tertiary/aromatic N) is 4. The van der Waals surface area contributed by atoms with Gasteiger partial charge in [0.05, 0.1) is 0 Å². The largest absolute Gasteiger partial charge is 0.336 e. The molecule has 1 atom stereocenters. The first kappa shape index (κ1) is 22.0. The van der Waals surface area contributed by atoms with E-state index in [-0.39, 0.29) is 11.7 Å². The first-order chi connectivity index (χ1) is 15.0. The second-order valence-electron chi connectivity index (χ2n) is 9.27. The van der Waals surface area contributed by atoms with Gasteiger partial charge in [-0.15, -0.1) is 0 Å². The Morgan fingerprint density at radius 3 is 2.87 bits per heavy atom. The molecule has 6 nitrogen and oxygen atoms in total. The average Bonchev–Trinajstić information content (AvgIpc) is 3.36. The van der Waals surface area contributed by atoms with Gasteiger partial charge in [0.25, 0.3) is 5.91 Å². The fraction of sp³-hybridized carbons (Fsp3) is 0.583. The minimum atomic E-state index is -0.139. The van der Waals surface area contributed by atoms with E-state index in [1.807, 2.05) is 31.1 Å². The van der Waals surface area contributed by atoms with Crippen LogP contribution in [0.5, 0.6) is 0 Å². The third-order valence-corrected chi connectivity index (χ3v) is 6.55. The van der Waals surface area contributed by atoms with E-state index < -0.39 is 0 Å². The summed E-state index contributed by atoms with van der Waals surface area (Å²) in [5.74, 6) is 0.297. The molecular formula is C24H34FN5O. The smallest absolute Gasteiger partial charge is 0.274 e. The number of aromatic nitrogens is 2. The van der Waals surface area contributed by atoms with Crippen molar-refractivity contribution in [3.63, 3.8) is 0 Å². The lowest BCUT2D eigenvalue weighted by Gasteiger charge is -2.36. The maximum absolute atomic E-state index is 14.1. The van der Waals surface area contributed by atoms with E-state index in [1.54, 1.807) is 6.07 Å². The van der Waals surface area contributed by atoms with Crippen molar-refractivity contribution < 1.29 is 9.18 Å². The molecule has 4 rings (SSSR count). The van der Waals surface area contributed by atoms with Crippen LogP contribution in [0.15, 0.2) is 24.3 Å². The summed E-state index contributed by atoms with van der Waals surface area (Å²) in [6.07, 6.45) is 5.19. The predicted octanol–water partition coefficient (Wildman–Crippen LogP) is 2.95. The molecule has 2 heterocycles. The number of likely N-dealkylation sites (N-methyl/N-ethyl adjacent to an activating group) is 1. The number of carbonyl (C=O) groups is 1. The Morgan fingerprint density at radius 1 is 1.23 bits per heavy atom. The van der Waals surface area contributed by atoms with Gasteiger partial charge in [0, 0.05) is 49.5 Å². The maximum atomic E-state index is 14.1. The van der Waals surface area contributed by atoms with E-state index in [0.29, 0.717) is 24.7 Å². The summed E-state index contributed by atoms with van der Waals surface area (Å²) in [4.78, 5) is 19.9. The summed E-state index contributed by atoms with van der Waals surface area (Å²) < 4.78 is 14.1. The third-order valence-electron chi connectivity index (χ3n) is 6.55. The van der Waals surface area contributed by atoms with Crippen molar-refractivity contribution in [3.8, 4) is 0 Å². The molecule has 1 aliphatic carbocycles. The fourth-order valence-corrected chi connectivity index (χ4v) is 4.87. The van der Waals surface area contributed by atoms with Crippen LogP contribution >= 0.6 is 0 Å². The van der Waals surface area contributed by atoms with Crippen molar-refractivity contribution >= 4 is 5.91 Å². The number of likely N-dealkylation sites (tertiary alicyclic amines) is 1. The summed E-state index contributed by atoms with van der Waals surface area (Å²) in [6.45, 7) is 4.73. The Labute approximate surface area is 184 Å². The van der Waals surface area contributed by atoms with Crippen LogP contribution in [0.25, 0.3) is 0 Å². The van der Waals surface area contributed by atoms with Crippen LogP contribution in [0.1, 0.15) is 46.6 Å². The molecule has 1 aliphatic heterocycles. The molecule has 0 spiro atoms. The number of H-pyrrole nitrogens is 1. The molecule has 1 N–H and O–H groups in total. The molecule has 2 aromatic rings. The van der Waals surface area contributed by atoms with Gasteiger partial charge in [-0.05, 0) is 64.7 Å². The Bertz CT molecular complexity index is 896. The number of nitrogens with one attached hydrogen (secondary N) is 1. The second kappa shape index (κ2) is 9.92. The van der Waals surface area contributed by atoms with Crippen molar-refractivity contribution in [2.45, 2.75) is 38.6 Å². The quantitative estimate of drug-likeness (QED) is 0.704. The Balaban J connectivity index is 1.43. The summed E-state index contributed by atoms with van der Waals surface area (Å²) in [7, 11) is 4.07. The first-order valence-electron chi connectivity index (χ1n) is 11.5. The van der Waals surface area contributed by atoms with Gasteiger partial charge in [-0.25, -0.2) is 4.39 Å². The van der Waals surface area contributed by atoms with Crippen LogP contribution in [0.3, 0.4) is 0 Å². The van der Waals surface area contributed by atoms with Gasteiger partial charge in [0.15, 0.2) is 5.69 Å². The zero-order valence-corrected chi connectivity index (χ0v) is 18.7. The average molecular weight is 428 g/mol. The normalized spacial score (nSPS) is 19.0. The standard InChI is InChI=1S/C24H34FN5O/c1-28(2)13-14-30(24(31)23-20-9-5-11-22(20)26-27-23)16-18-7-6-12-29(15-18)17-19-8-3-4-10-21(19)25/h3-4,8,10,18H,5-7,9,11-17H2,1-2H3,(H,26,27). The molecule has 1 fully saturated rings. The van der Waals surface area contributed by atoms with Gasteiger partial charge >= 0.3 is 0 Å². The molecule has 0 saturated carbocycles. The molecule has 1 aromatic carbocycles. The number of piperidine rings is 1. The monoisotopic (exact) mass is 427 g/mol. The number of aryl methyl sites for hydroxylation is 1. The molecule has 31 heavy (non-hydrogen) atoms. The molecule has 1 unspecified atom stereocenters. The van der Waals surface area contributed by atoms with E-state index >= 15 is 0 Å². The molecule has 0 radical (unpaired) electrons. The van der Waals surface area contributed by atoms with Crippen LogP contribution in [-0.4, -0.2) is 77.6 Å². The van der Waals surface area contributed by atoms with E-state index in [0.717, 1.165) is 75.1 Å². The lowest BCUT2D eigenvalue weighted by molar-refractivity contribution is 0.0653. The van der Waals surface area contributed by atoms with Gasteiger partial charge in [0.2, 0.25) is 0 Å².